The van der Waals surface area contributed by atoms with E-state index in [2.05, 4.69) is 0 Å². The molecule has 0 amide bonds. The van der Waals surface area contributed by atoms with Gasteiger partial charge in [-0.25, -0.2) is 4.79 Å². The maximum absolute atomic E-state index is 10.8. The first kappa shape index (κ1) is 11.2. The Hall–Kier alpha value is -1.90. The van der Waals surface area contributed by atoms with Crippen LogP contribution >= 0.6 is 0 Å². The molecular formula is C12H12O3. The van der Waals surface area contributed by atoms with Gasteiger partial charge in [-0.1, -0.05) is 31.2 Å². The van der Waals surface area contributed by atoms with Crippen LogP contribution in [0, 0.1) is 0 Å². The molecule has 0 aromatic heterocycles. The van der Waals surface area contributed by atoms with Crippen LogP contribution in [0.3, 0.4) is 0 Å². The van der Waals surface area contributed by atoms with Gasteiger partial charge in [0.25, 0.3) is 0 Å². The highest BCUT2D eigenvalue weighted by atomic mass is 16.4. The van der Waals surface area contributed by atoms with Gasteiger partial charge < -0.3 is 5.11 Å². The van der Waals surface area contributed by atoms with E-state index >= 15 is 0 Å². The summed E-state index contributed by atoms with van der Waals surface area (Å²) in [6, 6.07) is 6.90. The number of carboxylic acids is 1. The molecule has 0 saturated carbocycles. The topological polar surface area (TPSA) is 54.4 Å². The second kappa shape index (κ2) is 5.10. The van der Waals surface area contributed by atoms with Gasteiger partial charge in [0.15, 0.2) is 6.29 Å². The van der Waals surface area contributed by atoms with Crippen molar-refractivity contribution in [1.29, 1.82) is 0 Å². The smallest absolute Gasteiger partial charge is 0.331 e. The van der Waals surface area contributed by atoms with Gasteiger partial charge >= 0.3 is 5.97 Å². The van der Waals surface area contributed by atoms with Crippen LogP contribution in [-0.4, -0.2) is 17.4 Å². The molecule has 1 rings (SSSR count). The Kier molecular flexibility index (Phi) is 3.80. The van der Waals surface area contributed by atoms with Crippen molar-refractivity contribution in [3.8, 4) is 0 Å². The van der Waals surface area contributed by atoms with E-state index in [1.165, 1.54) is 6.08 Å². The first-order valence-corrected chi connectivity index (χ1v) is 4.67. The van der Waals surface area contributed by atoms with Crippen molar-refractivity contribution in [2.75, 3.05) is 0 Å². The Balaban J connectivity index is 3.16. The molecular weight excluding hydrogens is 192 g/mol. The molecule has 78 valence electrons. The fourth-order valence-corrected chi connectivity index (χ4v) is 1.25. The van der Waals surface area contributed by atoms with E-state index in [0.29, 0.717) is 23.1 Å². The molecule has 0 unspecified atom stereocenters. The van der Waals surface area contributed by atoms with Gasteiger partial charge in [-0.3, -0.25) is 4.79 Å². The third-order valence-corrected chi connectivity index (χ3v) is 2.11. The molecule has 0 aliphatic carbocycles. The number of rotatable bonds is 4. The van der Waals surface area contributed by atoms with E-state index in [1.807, 2.05) is 0 Å². The summed E-state index contributed by atoms with van der Waals surface area (Å²) in [6.07, 6.45) is 2.69. The van der Waals surface area contributed by atoms with Crippen LogP contribution in [0.1, 0.15) is 29.3 Å². The van der Waals surface area contributed by atoms with E-state index < -0.39 is 5.97 Å². The summed E-state index contributed by atoms with van der Waals surface area (Å²) >= 11 is 0. The standard InChI is InChI=1S/C12H12O3/c1-2-9(12(14)15)7-10-5-3-4-6-11(10)8-13/h3-8H,2H2,1H3,(H,14,15). The molecule has 0 saturated heterocycles. The molecule has 0 fully saturated rings. The molecule has 0 radical (unpaired) electrons. The minimum Gasteiger partial charge on any atom is -0.478 e. The number of carboxylic acid groups (broad SMARTS) is 1. The van der Waals surface area contributed by atoms with E-state index in [0.717, 1.165) is 6.29 Å². The Labute approximate surface area is 88.0 Å². The molecule has 0 atom stereocenters. The quantitative estimate of drug-likeness (QED) is 0.605. The highest BCUT2D eigenvalue weighted by molar-refractivity contribution is 5.94. The van der Waals surface area contributed by atoms with Crippen LogP contribution in [0.25, 0.3) is 6.08 Å². The van der Waals surface area contributed by atoms with Crippen molar-refractivity contribution < 1.29 is 14.7 Å². The lowest BCUT2D eigenvalue weighted by molar-refractivity contribution is -0.132. The third-order valence-electron chi connectivity index (χ3n) is 2.11. The zero-order chi connectivity index (χ0) is 11.3. The van der Waals surface area contributed by atoms with Crippen LogP contribution in [0.4, 0.5) is 0 Å². The summed E-state index contributed by atoms with van der Waals surface area (Å²) in [4.78, 5) is 21.5. The van der Waals surface area contributed by atoms with Gasteiger partial charge in [-0.15, -0.1) is 0 Å². The molecule has 3 nitrogen and oxygen atoms in total. The molecule has 0 aliphatic rings. The fraction of sp³-hybridized carbons (Fsp3) is 0.167. The number of aliphatic carboxylic acids is 1. The average Bonchev–Trinajstić information content (AvgIpc) is 2.25. The molecule has 0 aliphatic heterocycles. The van der Waals surface area contributed by atoms with Crippen LogP contribution in [0.5, 0.6) is 0 Å². The van der Waals surface area contributed by atoms with Gasteiger partial charge in [-0.2, -0.15) is 0 Å². The number of carbonyl (C=O) groups excluding carboxylic acids is 1. The van der Waals surface area contributed by atoms with Gasteiger partial charge in [0, 0.05) is 11.1 Å². The maximum atomic E-state index is 10.8. The molecule has 0 spiro atoms. The van der Waals surface area contributed by atoms with Gasteiger partial charge in [0.2, 0.25) is 0 Å². The average molecular weight is 204 g/mol. The van der Waals surface area contributed by atoms with Gasteiger partial charge in [0.1, 0.15) is 0 Å². The van der Waals surface area contributed by atoms with Crippen molar-refractivity contribution in [2.24, 2.45) is 0 Å². The fourth-order valence-electron chi connectivity index (χ4n) is 1.25. The third kappa shape index (κ3) is 2.77. The Morgan fingerprint density at radius 1 is 1.33 bits per heavy atom. The second-order valence-electron chi connectivity index (χ2n) is 3.08. The van der Waals surface area contributed by atoms with Gasteiger partial charge in [-0.05, 0) is 18.1 Å². The van der Waals surface area contributed by atoms with Crippen molar-refractivity contribution in [1.82, 2.24) is 0 Å². The number of aldehydes is 1. The van der Waals surface area contributed by atoms with Crippen molar-refractivity contribution in [3.63, 3.8) is 0 Å². The van der Waals surface area contributed by atoms with Crippen molar-refractivity contribution in [2.45, 2.75) is 13.3 Å². The lowest BCUT2D eigenvalue weighted by atomic mass is 10.0. The highest BCUT2D eigenvalue weighted by Gasteiger charge is 2.05. The molecule has 0 heterocycles. The minimum absolute atomic E-state index is 0.296. The first-order chi connectivity index (χ1) is 7.19. The molecule has 0 bridgehead atoms. The lowest BCUT2D eigenvalue weighted by Crippen LogP contribution is -1.99. The van der Waals surface area contributed by atoms with Crippen LogP contribution in [-0.2, 0) is 4.79 Å². The van der Waals surface area contributed by atoms with Crippen molar-refractivity contribution >= 4 is 18.3 Å². The number of hydrogen-bond donors (Lipinski definition) is 1. The summed E-state index contributed by atoms with van der Waals surface area (Å²) in [7, 11) is 0. The predicted octanol–water partition coefficient (Wildman–Crippen LogP) is 2.38. The predicted molar refractivity (Wildman–Crippen MR) is 57.7 cm³/mol. The minimum atomic E-state index is -0.946. The van der Waals surface area contributed by atoms with E-state index in [4.69, 9.17) is 5.11 Å². The van der Waals surface area contributed by atoms with E-state index in [1.54, 1.807) is 31.2 Å². The number of hydrogen-bond acceptors (Lipinski definition) is 2. The zero-order valence-corrected chi connectivity index (χ0v) is 8.43. The normalized spacial score (nSPS) is 11.1. The summed E-state index contributed by atoms with van der Waals surface area (Å²) in [6.45, 7) is 1.77. The molecule has 1 aromatic rings. The van der Waals surface area contributed by atoms with Crippen LogP contribution in [0.2, 0.25) is 0 Å². The summed E-state index contributed by atoms with van der Waals surface area (Å²) in [5.41, 5.74) is 1.45. The number of carbonyl (C=O) groups is 2. The molecule has 1 N–H and O–H groups in total. The van der Waals surface area contributed by atoms with E-state index in [-0.39, 0.29) is 0 Å². The maximum Gasteiger partial charge on any atom is 0.331 e. The molecule has 3 heteroatoms. The summed E-state index contributed by atoms with van der Waals surface area (Å²) in [5.74, 6) is -0.946. The van der Waals surface area contributed by atoms with E-state index in [9.17, 15) is 9.59 Å². The Morgan fingerprint density at radius 3 is 2.40 bits per heavy atom. The van der Waals surface area contributed by atoms with Gasteiger partial charge in [0.05, 0.1) is 0 Å². The van der Waals surface area contributed by atoms with Crippen LogP contribution < -0.4 is 0 Å². The van der Waals surface area contributed by atoms with Crippen molar-refractivity contribution in [3.05, 3.63) is 41.0 Å². The lowest BCUT2D eigenvalue weighted by Gasteiger charge is -2.01. The largest absolute Gasteiger partial charge is 0.478 e. The van der Waals surface area contributed by atoms with Crippen LogP contribution in [0.15, 0.2) is 29.8 Å². The zero-order valence-electron chi connectivity index (χ0n) is 8.43. The monoisotopic (exact) mass is 204 g/mol. The summed E-state index contributed by atoms with van der Waals surface area (Å²) in [5, 5.41) is 8.84. The molecule has 1 aromatic carbocycles. The first-order valence-electron chi connectivity index (χ1n) is 4.67. The highest BCUT2D eigenvalue weighted by Crippen LogP contribution is 2.13. The second-order valence-corrected chi connectivity index (χ2v) is 3.08. The summed E-state index contributed by atoms with van der Waals surface area (Å²) < 4.78 is 0. The number of benzene rings is 1. The Morgan fingerprint density at radius 2 is 1.93 bits per heavy atom. The molecule has 15 heavy (non-hydrogen) atoms. The SMILES string of the molecule is CCC(=Cc1ccccc1C=O)C(=O)O. The Bertz CT molecular complexity index is 405.